The van der Waals surface area contributed by atoms with Crippen LogP contribution < -0.4 is 10.1 Å². The second-order valence-corrected chi connectivity index (χ2v) is 5.83. The second-order valence-electron chi connectivity index (χ2n) is 4.41. The third-order valence-electron chi connectivity index (χ3n) is 2.84. The van der Waals surface area contributed by atoms with Crippen molar-refractivity contribution in [3.05, 3.63) is 54.1 Å². The van der Waals surface area contributed by atoms with E-state index in [-0.39, 0.29) is 10.8 Å². The highest BCUT2D eigenvalue weighted by Gasteiger charge is 2.10. The van der Waals surface area contributed by atoms with Crippen molar-refractivity contribution < 1.29 is 22.5 Å². The van der Waals surface area contributed by atoms with Gasteiger partial charge in [0.2, 0.25) is 0 Å². The quantitative estimate of drug-likeness (QED) is 0.826. The Balaban J connectivity index is 2.08. The summed E-state index contributed by atoms with van der Waals surface area (Å²) in [4.78, 5) is 11.8. The Hall–Kier alpha value is -2.38. The molecule has 0 aliphatic carbocycles. The minimum atomic E-state index is -4.24. The monoisotopic (exact) mass is 321 g/mol. The number of benzene rings is 2. The summed E-state index contributed by atoms with van der Waals surface area (Å²) in [6.45, 7) is 2.42. The average Bonchev–Trinajstić information content (AvgIpc) is 2.48. The number of amides is 1. The Morgan fingerprint density at radius 2 is 1.68 bits per heavy atom. The fourth-order valence-corrected chi connectivity index (χ4v) is 2.26. The van der Waals surface area contributed by atoms with E-state index in [2.05, 4.69) is 5.32 Å². The molecule has 2 aromatic rings. The summed E-state index contributed by atoms with van der Waals surface area (Å²) in [6, 6.07) is 11.9. The fourth-order valence-electron chi connectivity index (χ4n) is 1.78. The normalized spacial score (nSPS) is 11.0. The molecule has 7 heteroatoms. The molecule has 0 atom stereocenters. The van der Waals surface area contributed by atoms with Crippen LogP contribution in [0, 0.1) is 0 Å². The Bertz CT molecular complexity index is 752. The molecule has 1 amide bonds. The van der Waals surface area contributed by atoms with Gasteiger partial charge < -0.3 is 10.1 Å². The van der Waals surface area contributed by atoms with E-state index in [0.29, 0.717) is 23.6 Å². The van der Waals surface area contributed by atoms with Gasteiger partial charge in [0.1, 0.15) is 5.75 Å². The number of hydrogen-bond donors (Lipinski definition) is 2. The fraction of sp³-hybridized carbons (Fsp3) is 0.133. The number of carbonyl (C=O) groups excluding carboxylic acids is 1. The molecule has 0 aliphatic rings. The molecule has 0 fully saturated rings. The van der Waals surface area contributed by atoms with Crippen molar-refractivity contribution in [2.24, 2.45) is 0 Å². The van der Waals surface area contributed by atoms with Gasteiger partial charge in [-0.1, -0.05) is 0 Å². The second kappa shape index (κ2) is 6.59. The molecule has 0 saturated heterocycles. The van der Waals surface area contributed by atoms with Crippen LogP contribution in [0.3, 0.4) is 0 Å². The zero-order chi connectivity index (χ0) is 16.2. The smallest absolute Gasteiger partial charge is 0.294 e. The van der Waals surface area contributed by atoms with Crippen molar-refractivity contribution >= 4 is 21.7 Å². The Kier molecular flexibility index (Phi) is 4.79. The van der Waals surface area contributed by atoms with Gasteiger partial charge in [-0.15, -0.1) is 0 Å². The summed E-state index contributed by atoms with van der Waals surface area (Å²) in [5.74, 6) is 0.346. The standard InChI is InChI=1S/C15H15NO5S/c1-2-21-13-7-3-11(4-8-13)15(17)16-12-5-9-14(10-6-12)22(18,19)20/h3-10H,2H2,1H3,(H,16,17)(H,18,19,20). The summed E-state index contributed by atoms with van der Waals surface area (Å²) in [5, 5.41) is 2.63. The number of hydrogen-bond acceptors (Lipinski definition) is 4. The molecule has 2 N–H and O–H groups in total. The number of nitrogens with one attached hydrogen (secondary N) is 1. The minimum Gasteiger partial charge on any atom is -0.494 e. The maximum Gasteiger partial charge on any atom is 0.294 e. The molecule has 0 spiro atoms. The van der Waals surface area contributed by atoms with Crippen molar-refractivity contribution in [1.82, 2.24) is 0 Å². The van der Waals surface area contributed by atoms with Crippen molar-refractivity contribution in [3.8, 4) is 5.75 Å². The summed E-state index contributed by atoms with van der Waals surface area (Å²) < 4.78 is 36.0. The number of anilines is 1. The predicted molar refractivity (Wildman–Crippen MR) is 81.8 cm³/mol. The van der Waals surface area contributed by atoms with Gasteiger partial charge >= 0.3 is 0 Å². The maximum absolute atomic E-state index is 12.0. The molecule has 116 valence electrons. The largest absolute Gasteiger partial charge is 0.494 e. The first-order chi connectivity index (χ1) is 10.4. The molecule has 0 aliphatic heterocycles. The predicted octanol–water partition coefficient (Wildman–Crippen LogP) is 2.58. The van der Waals surface area contributed by atoms with E-state index in [0.717, 1.165) is 0 Å². The molecule has 6 nitrogen and oxygen atoms in total. The van der Waals surface area contributed by atoms with Crippen LogP contribution in [0.4, 0.5) is 5.69 Å². The molecule has 0 unspecified atom stereocenters. The van der Waals surface area contributed by atoms with Crippen LogP contribution in [0.2, 0.25) is 0 Å². The van der Waals surface area contributed by atoms with E-state index in [4.69, 9.17) is 9.29 Å². The van der Waals surface area contributed by atoms with Gasteiger partial charge in [-0.25, -0.2) is 0 Å². The van der Waals surface area contributed by atoms with Gasteiger partial charge in [-0.2, -0.15) is 8.42 Å². The summed E-state index contributed by atoms with van der Waals surface area (Å²) in [5.41, 5.74) is 0.869. The highest BCUT2D eigenvalue weighted by Crippen LogP contribution is 2.16. The van der Waals surface area contributed by atoms with Crippen molar-refractivity contribution in [2.75, 3.05) is 11.9 Å². The van der Waals surface area contributed by atoms with Gasteiger partial charge in [0.15, 0.2) is 0 Å². The van der Waals surface area contributed by atoms with E-state index >= 15 is 0 Å². The zero-order valence-electron chi connectivity index (χ0n) is 11.8. The average molecular weight is 321 g/mol. The van der Waals surface area contributed by atoms with E-state index in [1.54, 1.807) is 24.3 Å². The lowest BCUT2D eigenvalue weighted by Crippen LogP contribution is -2.11. The van der Waals surface area contributed by atoms with Crippen LogP contribution in [0.1, 0.15) is 17.3 Å². The van der Waals surface area contributed by atoms with Crippen LogP contribution in [0.5, 0.6) is 5.75 Å². The van der Waals surface area contributed by atoms with Crippen LogP contribution in [0.15, 0.2) is 53.4 Å². The number of ether oxygens (including phenoxy) is 1. The van der Waals surface area contributed by atoms with Crippen molar-refractivity contribution in [1.29, 1.82) is 0 Å². The Labute approximate surface area is 128 Å². The lowest BCUT2D eigenvalue weighted by atomic mass is 10.2. The lowest BCUT2D eigenvalue weighted by Gasteiger charge is -2.07. The van der Waals surface area contributed by atoms with Crippen LogP contribution in [-0.4, -0.2) is 25.5 Å². The van der Waals surface area contributed by atoms with Crippen molar-refractivity contribution in [2.45, 2.75) is 11.8 Å². The molecule has 0 bridgehead atoms. The third-order valence-corrected chi connectivity index (χ3v) is 3.71. The van der Waals surface area contributed by atoms with E-state index in [1.807, 2.05) is 6.92 Å². The van der Waals surface area contributed by atoms with Crippen LogP contribution in [0.25, 0.3) is 0 Å². The molecule has 0 saturated carbocycles. The third kappa shape index (κ3) is 4.06. The first kappa shape index (κ1) is 16.0. The molecule has 2 aromatic carbocycles. The lowest BCUT2D eigenvalue weighted by molar-refractivity contribution is 0.102. The first-order valence-electron chi connectivity index (χ1n) is 6.52. The minimum absolute atomic E-state index is 0.230. The van der Waals surface area contributed by atoms with Gasteiger partial charge in [-0.3, -0.25) is 9.35 Å². The van der Waals surface area contributed by atoms with Crippen molar-refractivity contribution in [3.63, 3.8) is 0 Å². The molecular weight excluding hydrogens is 306 g/mol. The molecular formula is C15H15NO5S. The Morgan fingerprint density at radius 3 is 2.18 bits per heavy atom. The van der Waals surface area contributed by atoms with Gasteiger partial charge in [0.05, 0.1) is 11.5 Å². The Morgan fingerprint density at radius 1 is 1.09 bits per heavy atom. The van der Waals surface area contributed by atoms with Gasteiger partial charge in [0.25, 0.3) is 16.0 Å². The molecule has 2 rings (SSSR count). The molecule has 22 heavy (non-hydrogen) atoms. The highest BCUT2D eigenvalue weighted by molar-refractivity contribution is 7.85. The molecule has 0 aromatic heterocycles. The van der Waals surface area contributed by atoms with E-state index < -0.39 is 10.1 Å². The summed E-state index contributed by atoms with van der Waals surface area (Å²) in [6.07, 6.45) is 0. The summed E-state index contributed by atoms with van der Waals surface area (Å²) in [7, 11) is -4.24. The van der Waals surface area contributed by atoms with Gasteiger partial charge in [0, 0.05) is 11.3 Å². The first-order valence-corrected chi connectivity index (χ1v) is 7.96. The maximum atomic E-state index is 12.0. The topological polar surface area (TPSA) is 92.7 Å². The zero-order valence-corrected chi connectivity index (χ0v) is 12.6. The number of rotatable bonds is 5. The SMILES string of the molecule is CCOc1ccc(C(=O)Nc2ccc(S(=O)(=O)O)cc2)cc1. The van der Waals surface area contributed by atoms with Gasteiger partial charge in [-0.05, 0) is 55.5 Å². The molecule has 0 heterocycles. The van der Waals surface area contributed by atoms with Crippen LogP contribution in [-0.2, 0) is 10.1 Å². The highest BCUT2D eigenvalue weighted by atomic mass is 32.2. The van der Waals surface area contributed by atoms with Crippen LogP contribution >= 0.6 is 0 Å². The number of carbonyl (C=O) groups is 1. The summed E-state index contributed by atoms with van der Waals surface area (Å²) >= 11 is 0. The van der Waals surface area contributed by atoms with E-state index in [1.165, 1.54) is 24.3 Å². The molecule has 0 radical (unpaired) electrons. The van der Waals surface area contributed by atoms with E-state index in [9.17, 15) is 13.2 Å².